The summed E-state index contributed by atoms with van der Waals surface area (Å²) in [6, 6.07) is 1.58. The summed E-state index contributed by atoms with van der Waals surface area (Å²) in [6.45, 7) is 1.16. The Bertz CT molecular complexity index is 435. The molecule has 1 aromatic heterocycles. The van der Waals surface area contributed by atoms with Crippen molar-refractivity contribution in [3.63, 3.8) is 0 Å². The molecule has 0 radical (unpaired) electrons. The topological polar surface area (TPSA) is 48.3 Å². The minimum atomic E-state index is -0.340. The van der Waals surface area contributed by atoms with Gasteiger partial charge >= 0.3 is 0 Å². The van der Waals surface area contributed by atoms with E-state index in [0.717, 1.165) is 6.42 Å². The summed E-state index contributed by atoms with van der Waals surface area (Å²) < 4.78 is 6.71. The molecule has 0 amide bonds. The van der Waals surface area contributed by atoms with E-state index in [-0.39, 0.29) is 22.2 Å². The molecular weight excluding hydrogens is 218 g/mol. The minimum absolute atomic E-state index is 0.0195. The Morgan fingerprint density at radius 3 is 3.00 bits per heavy atom. The number of halogens is 1. The lowest BCUT2D eigenvalue weighted by Gasteiger charge is -2.12. The lowest BCUT2D eigenvalue weighted by atomic mass is 10.2. The Kier molecular flexibility index (Phi) is 2.88. The smallest absolute Gasteiger partial charge is 0.262 e. The van der Waals surface area contributed by atoms with Crippen LogP contribution in [0, 0.1) is 0 Å². The second-order valence-electron chi connectivity index (χ2n) is 3.43. The lowest BCUT2D eigenvalue weighted by molar-refractivity contribution is 0.112. The van der Waals surface area contributed by atoms with E-state index in [1.807, 2.05) is 0 Å². The molecule has 1 aliphatic heterocycles. The largest absolute Gasteiger partial charge is 0.379 e. The van der Waals surface area contributed by atoms with Crippen molar-refractivity contribution in [2.24, 2.45) is 0 Å². The molecule has 0 N–H and O–H groups in total. The second kappa shape index (κ2) is 4.16. The van der Waals surface area contributed by atoms with Crippen molar-refractivity contribution in [2.45, 2.75) is 12.5 Å². The molecule has 0 spiro atoms. The van der Waals surface area contributed by atoms with Gasteiger partial charge in [-0.1, -0.05) is 11.6 Å². The fraction of sp³-hybridized carbons (Fsp3) is 0.400. The zero-order valence-electron chi connectivity index (χ0n) is 7.98. The van der Waals surface area contributed by atoms with Crippen LogP contribution in [-0.4, -0.2) is 24.1 Å². The van der Waals surface area contributed by atoms with E-state index >= 15 is 0 Å². The molecule has 1 atom stereocenters. The molecule has 1 saturated heterocycles. The molecule has 80 valence electrons. The number of rotatable bonds is 2. The van der Waals surface area contributed by atoms with E-state index in [4.69, 9.17) is 16.3 Å². The van der Waals surface area contributed by atoms with E-state index in [9.17, 15) is 9.59 Å². The van der Waals surface area contributed by atoms with Crippen molar-refractivity contribution in [1.82, 2.24) is 4.57 Å². The molecule has 2 rings (SSSR count). The molecule has 1 aliphatic rings. The van der Waals surface area contributed by atoms with Crippen LogP contribution in [0.25, 0.3) is 0 Å². The van der Waals surface area contributed by atoms with Gasteiger partial charge in [-0.15, -0.1) is 0 Å². The summed E-state index contributed by atoms with van der Waals surface area (Å²) in [5.41, 5.74) is -0.320. The van der Waals surface area contributed by atoms with Crippen molar-refractivity contribution < 1.29 is 9.53 Å². The van der Waals surface area contributed by atoms with Crippen molar-refractivity contribution in [1.29, 1.82) is 0 Å². The molecule has 15 heavy (non-hydrogen) atoms. The first-order valence-corrected chi connectivity index (χ1v) is 5.05. The average molecular weight is 228 g/mol. The molecule has 0 aromatic carbocycles. The van der Waals surface area contributed by atoms with E-state index in [0.29, 0.717) is 19.5 Å². The highest BCUT2D eigenvalue weighted by Crippen LogP contribution is 2.18. The third kappa shape index (κ3) is 1.82. The molecule has 0 bridgehead atoms. The van der Waals surface area contributed by atoms with Crippen LogP contribution in [0.2, 0.25) is 5.02 Å². The highest BCUT2D eigenvalue weighted by molar-refractivity contribution is 6.32. The van der Waals surface area contributed by atoms with Gasteiger partial charge in [-0.25, -0.2) is 0 Å². The summed E-state index contributed by atoms with van der Waals surface area (Å²) in [5, 5.41) is 0.199. The number of nitrogens with zero attached hydrogens (tertiary/aromatic N) is 1. The first kappa shape index (κ1) is 10.4. The summed E-state index contributed by atoms with van der Waals surface area (Å²) in [7, 11) is 0. The number of aldehydes is 1. The monoisotopic (exact) mass is 227 g/mol. The van der Waals surface area contributed by atoms with Crippen molar-refractivity contribution in [3.05, 3.63) is 33.2 Å². The van der Waals surface area contributed by atoms with Gasteiger partial charge in [0.05, 0.1) is 23.2 Å². The molecule has 1 fully saturated rings. The number of hydrogen-bond donors (Lipinski definition) is 0. The molecule has 2 heterocycles. The van der Waals surface area contributed by atoms with Crippen molar-refractivity contribution in [2.75, 3.05) is 13.2 Å². The number of carbonyl (C=O) groups excluding carboxylic acids is 1. The molecule has 1 unspecified atom stereocenters. The van der Waals surface area contributed by atoms with E-state index in [2.05, 4.69) is 0 Å². The van der Waals surface area contributed by atoms with Gasteiger partial charge in [-0.05, 0) is 12.5 Å². The third-order valence-corrected chi connectivity index (χ3v) is 2.85. The van der Waals surface area contributed by atoms with Gasteiger partial charge in [0.25, 0.3) is 5.56 Å². The highest BCUT2D eigenvalue weighted by atomic mass is 35.5. The summed E-state index contributed by atoms with van der Waals surface area (Å²) >= 11 is 5.73. The van der Waals surface area contributed by atoms with Crippen LogP contribution >= 0.6 is 11.6 Å². The molecule has 0 saturated carbocycles. The first-order valence-electron chi connectivity index (χ1n) is 4.67. The normalized spacial score (nSPS) is 20.5. The van der Waals surface area contributed by atoms with Gasteiger partial charge in [0.15, 0.2) is 6.29 Å². The Balaban J connectivity index is 2.48. The van der Waals surface area contributed by atoms with Crippen molar-refractivity contribution >= 4 is 17.9 Å². The predicted octanol–water partition coefficient (Wildman–Crippen LogP) is 1.28. The molecule has 4 nitrogen and oxygen atoms in total. The maximum Gasteiger partial charge on any atom is 0.262 e. The highest BCUT2D eigenvalue weighted by Gasteiger charge is 2.20. The fourth-order valence-electron chi connectivity index (χ4n) is 1.68. The van der Waals surface area contributed by atoms with Crippen molar-refractivity contribution in [3.8, 4) is 0 Å². The summed E-state index contributed by atoms with van der Waals surface area (Å²) in [4.78, 5) is 22.5. The Morgan fingerprint density at radius 1 is 1.60 bits per heavy atom. The van der Waals surface area contributed by atoms with E-state index in [1.54, 1.807) is 12.3 Å². The van der Waals surface area contributed by atoms with Crippen LogP contribution in [0.15, 0.2) is 17.1 Å². The Hall–Kier alpha value is -1.13. The number of carbonyl (C=O) groups is 1. The van der Waals surface area contributed by atoms with E-state index in [1.165, 1.54) is 4.57 Å². The maximum atomic E-state index is 11.8. The van der Waals surface area contributed by atoms with Crippen LogP contribution in [-0.2, 0) is 4.74 Å². The fourth-order valence-corrected chi connectivity index (χ4v) is 1.86. The van der Waals surface area contributed by atoms with Gasteiger partial charge in [0.1, 0.15) is 0 Å². The summed E-state index contributed by atoms with van der Waals surface area (Å²) in [5.74, 6) is 0. The second-order valence-corrected chi connectivity index (χ2v) is 3.83. The number of aromatic nitrogens is 1. The number of hydrogen-bond acceptors (Lipinski definition) is 3. The molecule has 0 aliphatic carbocycles. The van der Waals surface area contributed by atoms with Gasteiger partial charge in [0.2, 0.25) is 0 Å². The zero-order chi connectivity index (χ0) is 10.8. The Morgan fingerprint density at radius 2 is 2.40 bits per heavy atom. The third-order valence-electron chi connectivity index (χ3n) is 2.52. The van der Waals surface area contributed by atoms with Crippen LogP contribution in [0.3, 0.4) is 0 Å². The van der Waals surface area contributed by atoms with Gasteiger partial charge in [-0.3, -0.25) is 9.59 Å². The molecule has 5 heteroatoms. The van der Waals surface area contributed by atoms with Crippen LogP contribution in [0.1, 0.15) is 22.8 Å². The van der Waals surface area contributed by atoms with Crippen LogP contribution < -0.4 is 5.56 Å². The average Bonchev–Trinajstić information content (AvgIpc) is 2.71. The lowest BCUT2D eigenvalue weighted by Crippen LogP contribution is -2.27. The van der Waals surface area contributed by atoms with Crippen LogP contribution in [0.5, 0.6) is 0 Å². The van der Waals surface area contributed by atoms with E-state index < -0.39 is 0 Å². The SMILES string of the molecule is O=Cc1c(Cl)ccn(C2CCOC2)c1=O. The van der Waals surface area contributed by atoms with Gasteiger partial charge in [0, 0.05) is 12.8 Å². The quantitative estimate of drug-likeness (QED) is 0.715. The minimum Gasteiger partial charge on any atom is -0.379 e. The number of pyridine rings is 1. The maximum absolute atomic E-state index is 11.8. The van der Waals surface area contributed by atoms with Gasteiger partial charge < -0.3 is 9.30 Å². The summed E-state index contributed by atoms with van der Waals surface area (Å²) in [6.07, 6.45) is 2.90. The van der Waals surface area contributed by atoms with Gasteiger partial charge in [-0.2, -0.15) is 0 Å². The molecular formula is C10H10ClNO3. The Labute approximate surface area is 91.4 Å². The van der Waals surface area contributed by atoms with Crippen LogP contribution in [0.4, 0.5) is 0 Å². The number of ether oxygens (including phenoxy) is 1. The molecule has 1 aromatic rings. The first-order chi connectivity index (χ1) is 7.24. The zero-order valence-corrected chi connectivity index (χ0v) is 8.74. The standard InChI is InChI=1S/C10H10ClNO3/c11-9-1-3-12(7-2-4-15-6-7)10(14)8(9)5-13/h1,3,5,7H,2,4,6H2. The predicted molar refractivity (Wildman–Crippen MR) is 55.6 cm³/mol.